The molecule has 1 amide bonds. The maximum atomic E-state index is 12.0. The van der Waals surface area contributed by atoms with Crippen LogP contribution in [0, 0.1) is 5.92 Å². The van der Waals surface area contributed by atoms with E-state index in [4.69, 9.17) is 16.3 Å². The summed E-state index contributed by atoms with van der Waals surface area (Å²) in [5.41, 5.74) is 1.58. The molecule has 4 heterocycles. The van der Waals surface area contributed by atoms with Crippen molar-refractivity contribution in [1.82, 2.24) is 30.2 Å². The van der Waals surface area contributed by atoms with E-state index in [1.54, 1.807) is 24.8 Å². The Morgan fingerprint density at radius 1 is 1.06 bits per heavy atom. The van der Waals surface area contributed by atoms with Crippen LogP contribution in [0.15, 0.2) is 30.9 Å². The highest BCUT2D eigenvalue weighted by Gasteiger charge is 2.26. The van der Waals surface area contributed by atoms with E-state index in [-0.39, 0.29) is 24.4 Å². The highest BCUT2D eigenvalue weighted by atomic mass is 35.5. The molecule has 0 radical (unpaired) electrons. The lowest BCUT2D eigenvalue weighted by Gasteiger charge is -2.33. The number of nitrogens with zero attached hydrogens (tertiary/aromatic N) is 5. The smallest absolute Gasteiger partial charge is 0.224 e. The fourth-order valence-corrected chi connectivity index (χ4v) is 4.77. The summed E-state index contributed by atoms with van der Waals surface area (Å²) in [5, 5.41) is 11.0. The zero-order chi connectivity index (χ0) is 24.2. The standard InChI is InChI=1S/C24H29ClN8O2/c1-14(30-23-27-9-15(10-28-23)8-21(34)31-18-12-35-13-18)16-2-4-17(5-3-16)32-24-29-11-19-20(33-24)6-7-26-22(19)25/h6-7,9-11,14,16-18H,2-5,8,12-13H2,1H3,(H,31,34)(H,27,28,30)(H,29,32,33)/t14-,16?,17?/m0/s1. The van der Waals surface area contributed by atoms with Crippen molar-refractivity contribution >= 4 is 40.3 Å². The molecule has 35 heavy (non-hydrogen) atoms. The first kappa shape index (κ1) is 23.6. The molecule has 2 fully saturated rings. The molecule has 0 bridgehead atoms. The zero-order valence-corrected chi connectivity index (χ0v) is 20.3. The molecule has 1 atom stereocenters. The number of halogens is 1. The minimum atomic E-state index is -0.0313. The maximum Gasteiger partial charge on any atom is 0.224 e. The van der Waals surface area contributed by atoms with E-state index in [0.29, 0.717) is 42.2 Å². The van der Waals surface area contributed by atoms with Gasteiger partial charge in [-0.3, -0.25) is 4.79 Å². The van der Waals surface area contributed by atoms with Crippen LogP contribution in [0.1, 0.15) is 38.2 Å². The summed E-state index contributed by atoms with van der Waals surface area (Å²) in [7, 11) is 0. The van der Waals surface area contributed by atoms with Crippen molar-refractivity contribution in [2.75, 3.05) is 23.8 Å². The minimum Gasteiger partial charge on any atom is -0.377 e. The van der Waals surface area contributed by atoms with Crippen molar-refractivity contribution in [2.45, 2.75) is 57.2 Å². The highest BCUT2D eigenvalue weighted by Crippen LogP contribution is 2.30. The first-order valence-electron chi connectivity index (χ1n) is 12.0. The van der Waals surface area contributed by atoms with Crippen LogP contribution in [-0.4, -0.2) is 62.2 Å². The molecular formula is C24H29ClN8O2. The van der Waals surface area contributed by atoms with Gasteiger partial charge in [0.25, 0.3) is 0 Å². The number of amides is 1. The zero-order valence-electron chi connectivity index (χ0n) is 19.6. The Balaban J connectivity index is 1.08. The van der Waals surface area contributed by atoms with E-state index < -0.39 is 0 Å². The lowest BCUT2D eigenvalue weighted by molar-refractivity contribution is -0.124. The molecule has 3 N–H and O–H groups in total. The van der Waals surface area contributed by atoms with Gasteiger partial charge in [-0.15, -0.1) is 0 Å². The predicted octanol–water partition coefficient (Wildman–Crippen LogP) is 3.00. The lowest BCUT2D eigenvalue weighted by Crippen LogP contribution is -2.49. The van der Waals surface area contributed by atoms with Gasteiger partial charge in [0, 0.05) is 36.9 Å². The van der Waals surface area contributed by atoms with Gasteiger partial charge in [0.05, 0.1) is 36.6 Å². The third-order valence-corrected chi connectivity index (χ3v) is 7.00. The summed E-state index contributed by atoms with van der Waals surface area (Å²) >= 11 is 6.11. The van der Waals surface area contributed by atoms with Gasteiger partial charge < -0.3 is 20.7 Å². The summed E-state index contributed by atoms with van der Waals surface area (Å²) in [6.45, 7) is 3.35. The number of hydrogen-bond acceptors (Lipinski definition) is 9. The van der Waals surface area contributed by atoms with E-state index in [1.807, 2.05) is 6.07 Å². The van der Waals surface area contributed by atoms with Gasteiger partial charge >= 0.3 is 0 Å². The summed E-state index contributed by atoms with van der Waals surface area (Å²) < 4.78 is 5.08. The van der Waals surface area contributed by atoms with Crippen LogP contribution in [0.5, 0.6) is 0 Å². The van der Waals surface area contributed by atoms with Crippen molar-refractivity contribution < 1.29 is 9.53 Å². The van der Waals surface area contributed by atoms with Gasteiger partial charge in [-0.05, 0) is 50.2 Å². The van der Waals surface area contributed by atoms with E-state index in [1.165, 1.54) is 0 Å². The van der Waals surface area contributed by atoms with Crippen molar-refractivity contribution in [1.29, 1.82) is 0 Å². The average molecular weight is 497 g/mol. The molecule has 10 nitrogen and oxygen atoms in total. The average Bonchev–Trinajstić information content (AvgIpc) is 2.83. The second-order valence-corrected chi connectivity index (χ2v) is 9.67. The Bertz CT molecular complexity index is 1170. The van der Waals surface area contributed by atoms with Gasteiger partial charge in [0.2, 0.25) is 17.8 Å². The molecule has 1 aliphatic carbocycles. The van der Waals surface area contributed by atoms with Gasteiger partial charge in [0.1, 0.15) is 5.15 Å². The predicted molar refractivity (Wildman–Crippen MR) is 133 cm³/mol. The van der Waals surface area contributed by atoms with E-state index >= 15 is 0 Å². The van der Waals surface area contributed by atoms with E-state index in [9.17, 15) is 4.79 Å². The second kappa shape index (κ2) is 10.7. The number of hydrogen-bond donors (Lipinski definition) is 3. The molecule has 3 aromatic rings. The van der Waals surface area contributed by atoms with Crippen LogP contribution in [0.4, 0.5) is 11.9 Å². The molecule has 11 heteroatoms. The van der Waals surface area contributed by atoms with Gasteiger partial charge in [-0.25, -0.2) is 24.9 Å². The normalized spacial score (nSPS) is 21.2. The molecule has 3 aromatic heterocycles. The summed E-state index contributed by atoms with van der Waals surface area (Å²) in [4.78, 5) is 33.9. The molecule has 1 saturated carbocycles. The number of rotatable bonds is 8. The first-order chi connectivity index (χ1) is 17.0. The summed E-state index contributed by atoms with van der Waals surface area (Å²) in [5.74, 6) is 1.70. The van der Waals surface area contributed by atoms with Crippen LogP contribution in [0.3, 0.4) is 0 Å². The van der Waals surface area contributed by atoms with Crippen molar-refractivity contribution in [2.24, 2.45) is 5.92 Å². The monoisotopic (exact) mass is 496 g/mol. The number of carbonyl (C=O) groups excluding carboxylic acids is 1. The van der Waals surface area contributed by atoms with Crippen LogP contribution in [0.25, 0.3) is 10.9 Å². The molecule has 1 aliphatic heterocycles. The quantitative estimate of drug-likeness (QED) is 0.403. The second-order valence-electron chi connectivity index (χ2n) is 9.31. The van der Waals surface area contributed by atoms with Gasteiger partial charge in [-0.1, -0.05) is 11.6 Å². The molecular weight excluding hydrogens is 468 g/mol. The number of ether oxygens (including phenoxy) is 1. The van der Waals surface area contributed by atoms with Gasteiger partial charge in [0.15, 0.2) is 0 Å². The van der Waals surface area contributed by atoms with Crippen LogP contribution >= 0.6 is 11.6 Å². The Kier molecular flexibility index (Phi) is 7.19. The SMILES string of the molecule is C[C@H](Nc1ncc(CC(=O)NC2COC2)cn1)C1CCC(Nc2ncc3c(Cl)nccc3n2)CC1. The van der Waals surface area contributed by atoms with Crippen molar-refractivity contribution in [3.63, 3.8) is 0 Å². The van der Waals surface area contributed by atoms with Gasteiger partial charge in [-0.2, -0.15) is 0 Å². The third kappa shape index (κ3) is 5.94. The van der Waals surface area contributed by atoms with Crippen molar-refractivity contribution in [3.8, 4) is 0 Å². The fraction of sp³-hybridized carbons (Fsp3) is 0.500. The largest absolute Gasteiger partial charge is 0.377 e. The number of pyridine rings is 1. The molecule has 2 aliphatic rings. The minimum absolute atomic E-state index is 0.0313. The van der Waals surface area contributed by atoms with E-state index in [2.05, 4.69) is 47.8 Å². The molecule has 184 valence electrons. The third-order valence-electron chi connectivity index (χ3n) is 6.70. The molecule has 0 spiro atoms. The lowest BCUT2D eigenvalue weighted by atomic mass is 9.82. The topological polar surface area (TPSA) is 127 Å². The first-order valence-corrected chi connectivity index (χ1v) is 12.4. The number of aromatic nitrogens is 5. The van der Waals surface area contributed by atoms with E-state index in [0.717, 1.165) is 42.1 Å². The summed E-state index contributed by atoms with van der Waals surface area (Å²) in [6.07, 6.45) is 11.3. The Morgan fingerprint density at radius 3 is 2.51 bits per heavy atom. The molecule has 1 saturated heterocycles. The summed E-state index contributed by atoms with van der Waals surface area (Å²) in [6, 6.07) is 2.55. The molecule has 0 aromatic carbocycles. The Labute approximate surface area is 208 Å². The fourth-order valence-electron chi connectivity index (χ4n) is 4.56. The van der Waals surface area contributed by atoms with Crippen LogP contribution < -0.4 is 16.0 Å². The Morgan fingerprint density at radius 2 is 1.80 bits per heavy atom. The highest BCUT2D eigenvalue weighted by molar-refractivity contribution is 6.34. The Hall–Kier alpha value is -3.11. The van der Waals surface area contributed by atoms with Crippen LogP contribution in [-0.2, 0) is 16.0 Å². The number of nitrogens with one attached hydrogen (secondary N) is 3. The number of anilines is 2. The van der Waals surface area contributed by atoms with Crippen LogP contribution in [0.2, 0.25) is 5.15 Å². The van der Waals surface area contributed by atoms with Crippen molar-refractivity contribution in [3.05, 3.63) is 41.6 Å². The number of carbonyl (C=O) groups is 1. The number of fused-ring (bicyclic) bond motifs is 1. The maximum absolute atomic E-state index is 12.0. The molecule has 0 unspecified atom stereocenters. The molecule has 5 rings (SSSR count).